The third-order valence-electron chi connectivity index (χ3n) is 9.32. The van der Waals surface area contributed by atoms with Crippen LogP contribution in [0.3, 0.4) is 0 Å². The third-order valence-corrected chi connectivity index (χ3v) is 9.32. The van der Waals surface area contributed by atoms with Gasteiger partial charge in [-0.25, -0.2) is 0 Å². The number of hydrogen-bond donors (Lipinski definition) is 2. The summed E-state index contributed by atoms with van der Waals surface area (Å²) in [6.07, 6.45) is 8.84. The highest BCUT2D eigenvalue weighted by Gasteiger charge is 2.31. The summed E-state index contributed by atoms with van der Waals surface area (Å²) in [4.78, 5) is 30.9. The molecule has 3 atom stereocenters. The van der Waals surface area contributed by atoms with Gasteiger partial charge in [-0.2, -0.15) is 0 Å². The van der Waals surface area contributed by atoms with E-state index in [-0.39, 0.29) is 49.3 Å². The minimum Gasteiger partial charge on any atom is -0.488 e. The van der Waals surface area contributed by atoms with Crippen molar-refractivity contribution in [2.75, 3.05) is 38.6 Å². The summed E-state index contributed by atoms with van der Waals surface area (Å²) in [6, 6.07) is 13.4. The number of carbonyl (C=O) groups is 2. The summed E-state index contributed by atoms with van der Waals surface area (Å²) in [5.74, 6) is 1.32. The van der Waals surface area contributed by atoms with E-state index in [9.17, 15) is 14.7 Å². The Morgan fingerprint density at radius 3 is 2.67 bits per heavy atom. The van der Waals surface area contributed by atoms with Crippen LogP contribution in [0.1, 0.15) is 57.1 Å². The number of aliphatic hydroxyl groups is 1. The van der Waals surface area contributed by atoms with Crippen LogP contribution in [0, 0.1) is 11.8 Å². The van der Waals surface area contributed by atoms with E-state index >= 15 is 0 Å². The van der Waals surface area contributed by atoms with Crippen LogP contribution in [0.4, 0.5) is 5.69 Å². The van der Waals surface area contributed by atoms with Gasteiger partial charge in [0.15, 0.2) is 0 Å². The van der Waals surface area contributed by atoms with Gasteiger partial charge in [0, 0.05) is 61.0 Å². The third kappa shape index (κ3) is 7.60. The maximum atomic E-state index is 13.6. The fourth-order valence-electron chi connectivity index (χ4n) is 6.86. The molecule has 5 rings (SSSR count). The Bertz CT molecular complexity index is 1410. The first-order valence-corrected chi connectivity index (χ1v) is 15.9. The summed E-state index contributed by atoms with van der Waals surface area (Å²) in [7, 11) is 4.16. The number of fused-ring (bicyclic) bond motifs is 2. The van der Waals surface area contributed by atoms with Gasteiger partial charge in [0.1, 0.15) is 11.9 Å². The lowest BCUT2D eigenvalue weighted by Gasteiger charge is -2.35. The van der Waals surface area contributed by atoms with Gasteiger partial charge in [-0.3, -0.25) is 9.59 Å². The van der Waals surface area contributed by atoms with Crippen molar-refractivity contribution < 1.29 is 19.4 Å². The van der Waals surface area contributed by atoms with E-state index in [4.69, 9.17) is 4.74 Å². The number of amides is 2. The second kappa shape index (κ2) is 14.0. The molecule has 0 radical (unpaired) electrons. The van der Waals surface area contributed by atoms with E-state index < -0.39 is 0 Å². The molecule has 2 aliphatic rings. The molecule has 1 saturated carbocycles. The van der Waals surface area contributed by atoms with Crippen molar-refractivity contribution in [2.45, 2.75) is 70.9 Å². The highest BCUT2D eigenvalue weighted by Crippen LogP contribution is 2.30. The lowest BCUT2D eigenvalue weighted by Crippen LogP contribution is -2.48. The molecule has 3 aromatic rings. The van der Waals surface area contributed by atoms with Crippen LogP contribution in [0.2, 0.25) is 0 Å². The quantitative estimate of drug-likeness (QED) is 0.367. The molecule has 2 aromatic carbocycles. The van der Waals surface area contributed by atoms with Crippen molar-refractivity contribution in [1.29, 1.82) is 0 Å². The number of benzene rings is 2. The van der Waals surface area contributed by atoms with Crippen LogP contribution >= 0.6 is 0 Å². The van der Waals surface area contributed by atoms with Gasteiger partial charge in [-0.15, -0.1) is 0 Å². The predicted molar refractivity (Wildman–Crippen MR) is 171 cm³/mol. The molecule has 8 heteroatoms. The number of rotatable bonds is 9. The van der Waals surface area contributed by atoms with Gasteiger partial charge in [0.2, 0.25) is 11.8 Å². The normalized spacial score (nSPS) is 20.7. The van der Waals surface area contributed by atoms with Crippen molar-refractivity contribution in [1.82, 2.24) is 14.4 Å². The van der Waals surface area contributed by atoms with Crippen molar-refractivity contribution in [3.05, 3.63) is 59.8 Å². The van der Waals surface area contributed by atoms with Gasteiger partial charge >= 0.3 is 0 Å². The number of nitrogens with zero attached hydrogens (tertiary/aromatic N) is 3. The van der Waals surface area contributed by atoms with Gasteiger partial charge in [-0.1, -0.05) is 44.4 Å². The molecule has 2 amide bonds. The number of nitrogens with one attached hydrogen (secondary N) is 1. The van der Waals surface area contributed by atoms with E-state index in [2.05, 4.69) is 24.2 Å². The molecular formula is C35H48N4O4. The minimum absolute atomic E-state index is 0.0475. The Kier molecular flexibility index (Phi) is 10.1. The summed E-state index contributed by atoms with van der Waals surface area (Å²) >= 11 is 0. The number of hydrogen-bond acceptors (Lipinski definition) is 5. The average molecular weight is 589 g/mol. The minimum atomic E-state index is -0.291. The van der Waals surface area contributed by atoms with Gasteiger partial charge in [-0.05, 0) is 62.6 Å². The van der Waals surface area contributed by atoms with Crippen LogP contribution < -0.4 is 10.1 Å². The van der Waals surface area contributed by atoms with Crippen LogP contribution in [0.25, 0.3) is 10.9 Å². The van der Waals surface area contributed by atoms with Crippen molar-refractivity contribution in [2.24, 2.45) is 18.9 Å². The largest absolute Gasteiger partial charge is 0.488 e. The number of aryl methyl sites for hydroxylation is 1. The summed E-state index contributed by atoms with van der Waals surface area (Å²) in [6.45, 7) is 6.26. The maximum absolute atomic E-state index is 13.6. The molecule has 232 valence electrons. The maximum Gasteiger partial charge on any atom is 0.228 e. The average Bonchev–Trinajstić information content (AvgIpc) is 3.32. The molecule has 0 unspecified atom stereocenters. The Hall–Kier alpha value is -3.36. The van der Waals surface area contributed by atoms with Gasteiger partial charge < -0.3 is 29.5 Å². The summed E-state index contributed by atoms with van der Waals surface area (Å²) in [5.41, 5.74) is 3.45. The first-order chi connectivity index (χ1) is 20.7. The number of aromatic nitrogens is 1. The number of ether oxygens (including phenoxy) is 1. The van der Waals surface area contributed by atoms with E-state index in [1.54, 1.807) is 4.90 Å². The van der Waals surface area contributed by atoms with E-state index in [1.165, 1.54) is 32.1 Å². The molecule has 1 aliphatic carbocycles. The number of carbonyl (C=O) groups excluding carboxylic acids is 2. The van der Waals surface area contributed by atoms with Gasteiger partial charge in [0.05, 0.1) is 25.5 Å². The van der Waals surface area contributed by atoms with Crippen LogP contribution in [0.5, 0.6) is 5.75 Å². The first kappa shape index (κ1) is 31.1. The monoisotopic (exact) mass is 588 g/mol. The van der Waals surface area contributed by atoms with Crippen LogP contribution in [0.15, 0.2) is 48.7 Å². The van der Waals surface area contributed by atoms with Crippen LogP contribution in [-0.2, 0) is 29.5 Å². The molecular weight excluding hydrogens is 540 g/mol. The summed E-state index contributed by atoms with van der Waals surface area (Å²) < 4.78 is 8.75. The smallest absolute Gasteiger partial charge is 0.228 e. The molecule has 1 aliphatic heterocycles. The molecule has 1 aromatic heterocycles. The molecule has 8 nitrogen and oxygen atoms in total. The van der Waals surface area contributed by atoms with Crippen LogP contribution in [-0.4, -0.2) is 76.7 Å². The highest BCUT2D eigenvalue weighted by atomic mass is 16.5. The fourth-order valence-corrected chi connectivity index (χ4v) is 6.86. The topological polar surface area (TPSA) is 87.0 Å². The van der Waals surface area contributed by atoms with Crippen molar-refractivity contribution in [3.63, 3.8) is 0 Å². The SMILES string of the molecule is C[C@H](CO)N1C[C@H](C)[C@H](CN(C)CC2CCCCC2)Oc2ccc(NC(=O)Cc3cn(C)c4ccccc34)cc2CC1=O. The van der Waals surface area contributed by atoms with Gasteiger partial charge in [0.25, 0.3) is 0 Å². The summed E-state index contributed by atoms with van der Waals surface area (Å²) in [5, 5.41) is 14.1. The second-order valence-electron chi connectivity index (χ2n) is 12.9. The lowest BCUT2D eigenvalue weighted by molar-refractivity contribution is -0.134. The van der Waals surface area contributed by atoms with Crippen molar-refractivity contribution in [3.8, 4) is 5.75 Å². The highest BCUT2D eigenvalue weighted by molar-refractivity contribution is 5.96. The lowest BCUT2D eigenvalue weighted by atomic mass is 9.89. The second-order valence-corrected chi connectivity index (χ2v) is 12.9. The van der Waals surface area contributed by atoms with E-state index in [0.29, 0.717) is 18.0 Å². The Morgan fingerprint density at radius 1 is 1.14 bits per heavy atom. The molecule has 43 heavy (non-hydrogen) atoms. The molecule has 0 spiro atoms. The molecule has 0 bridgehead atoms. The Balaban J connectivity index is 1.35. The standard InChI is InChI=1S/C35H48N4O4/c1-24-19-39(25(2)23-40)35(42)18-27-16-29(36-34(41)17-28-21-38(4)31-13-9-8-12-30(28)31)14-15-32(27)43-33(24)22-37(3)20-26-10-6-5-7-11-26/h8-9,12-16,21,24-26,33,40H,5-7,10-11,17-20,22-23H2,1-4H3,(H,36,41)/t24-,25+,33-/m0/s1. The number of para-hydroxylation sites is 1. The van der Waals surface area contributed by atoms with Crippen molar-refractivity contribution >= 4 is 28.4 Å². The number of aliphatic hydroxyl groups excluding tert-OH is 1. The first-order valence-electron chi connectivity index (χ1n) is 15.9. The number of anilines is 1. The zero-order valence-corrected chi connectivity index (χ0v) is 26.2. The zero-order chi connectivity index (χ0) is 30.5. The van der Waals surface area contributed by atoms with E-state index in [0.717, 1.165) is 41.0 Å². The molecule has 1 fully saturated rings. The van der Waals surface area contributed by atoms with E-state index in [1.807, 2.05) is 67.2 Å². The molecule has 2 heterocycles. The fraction of sp³-hybridized carbons (Fsp3) is 0.543. The zero-order valence-electron chi connectivity index (χ0n) is 26.2. The number of likely N-dealkylation sites (N-methyl/N-ethyl adjacent to an activating group) is 1. The Labute approximate surface area is 256 Å². The molecule has 2 N–H and O–H groups in total. The molecule has 0 saturated heterocycles. The predicted octanol–water partition coefficient (Wildman–Crippen LogP) is 5.02. The Morgan fingerprint density at radius 2 is 1.91 bits per heavy atom.